The summed E-state index contributed by atoms with van der Waals surface area (Å²) in [5.41, 5.74) is -1.53. The predicted octanol–water partition coefficient (Wildman–Crippen LogP) is 1.21. The molecule has 0 radical (unpaired) electrons. The fourth-order valence-electron chi connectivity index (χ4n) is 2.01. The quantitative estimate of drug-likeness (QED) is 0.865. The Labute approximate surface area is 116 Å². The number of hydrogen-bond acceptors (Lipinski definition) is 4. The number of amides is 1. The Morgan fingerprint density at radius 1 is 1.55 bits per heavy atom. The number of nitrogens with one attached hydrogen (secondary N) is 1. The summed E-state index contributed by atoms with van der Waals surface area (Å²) in [4.78, 5) is 23.3. The van der Waals surface area contributed by atoms with Gasteiger partial charge < -0.3 is 15.2 Å². The van der Waals surface area contributed by atoms with Gasteiger partial charge in [0.2, 0.25) is 0 Å². The zero-order valence-electron chi connectivity index (χ0n) is 11.8. The topological polar surface area (TPSA) is 93.5 Å². The van der Waals surface area contributed by atoms with E-state index in [0.29, 0.717) is 18.7 Å². The molecular weight excluding hydrogens is 262 g/mol. The lowest BCUT2D eigenvalue weighted by atomic mass is 10.0. The molecule has 1 atom stereocenters. The Kier molecular flexibility index (Phi) is 3.56. The number of ether oxygens (including phenoxy) is 1. The molecule has 1 unspecified atom stereocenters. The average molecular weight is 281 g/mol. The molecule has 0 aliphatic carbocycles. The molecule has 110 valence electrons. The van der Waals surface area contributed by atoms with Crippen LogP contribution in [0.3, 0.4) is 0 Å². The number of aliphatic carboxylic acids is 1. The second kappa shape index (κ2) is 4.90. The van der Waals surface area contributed by atoms with E-state index >= 15 is 0 Å². The molecule has 7 heteroatoms. The third-order valence-electron chi connectivity index (χ3n) is 3.64. The molecule has 2 rings (SSSR count). The summed E-state index contributed by atoms with van der Waals surface area (Å²) in [6.07, 6.45) is 4.47. The van der Waals surface area contributed by atoms with Crippen LogP contribution in [0.5, 0.6) is 0 Å². The highest BCUT2D eigenvalue weighted by molar-refractivity contribution is 5.97. The maximum absolute atomic E-state index is 12.1. The smallest absolute Gasteiger partial charge is 0.331 e. The molecule has 0 bridgehead atoms. The van der Waals surface area contributed by atoms with Crippen LogP contribution in [-0.4, -0.2) is 39.0 Å². The van der Waals surface area contributed by atoms with Crippen molar-refractivity contribution in [3.63, 3.8) is 0 Å². The van der Waals surface area contributed by atoms with Gasteiger partial charge in [0.25, 0.3) is 5.91 Å². The van der Waals surface area contributed by atoms with Gasteiger partial charge in [-0.1, -0.05) is 0 Å². The maximum Gasteiger partial charge on any atom is 0.331 e. The second-order valence-corrected chi connectivity index (χ2v) is 5.67. The molecule has 1 saturated heterocycles. The lowest BCUT2D eigenvalue weighted by Gasteiger charge is -2.21. The summed E-state index contributed by atoms with van der Waals surface area (Å²) >= 11 is 0. The van der Waals surface area contributed by atoms with Crippen molar-refractivity contribution in [3.8, 4) is 0 Å². The molecule has 1 aliphatic rings. The lowest BCUT2D eigenvalue weighted by Crippen LogP contribution is -2.39. The van der Waals surface area contributed by atoms with Crippen molar-refractivity contribution in [2.24, 2.45) is 0 Å². The maximum atomic E-state index is 12.1. The SMILES string of the molecule is CC1(C(=O)Nc2cnn(C(C)(C)C(=O)O)c2)CCCO1. The third-order valence-corrected chi connectivity index (χ3v) is 3.64. The third kappa shape index (κ3) is 2.53. The Morgan fingerprint density at radius 2 is 2.25 bits per heavy atom. The molecule has 1 amide bonds. The predicted molar refractivity (Wildman–Crippen MR) is 71.4 cm³/mol. The van der Waals surface area contributed by atoms with Crippen molar-refractivity contribution in [2.45, 2.75) is 44.8 Å². The van der Waals surface area contributed by atoms with Crippen LogP contribution in [0.25, 0.3) is 0 Å². The largest absolute Gasteiger partial charge is 0.479 e. The molecule has 1 fully saturated rings. The van der Waals surface area contributed by atoms with Gasteiger partial charge in [-0.15, -0.1) is 0 Å². The van der Waals surface area contributed by atoms with Crippen LogP contribution in [-0.2, 0) is 19.9 Å². The first-order valence-electron chi connectivity index (χ1n) is 6.50. The zero-order chi connectivity index (χ0) is 15.0. The standard InChI is InChI=1S/C13H19N3O4/c1-12(2,11(18)19)16-8-9(7-14-16)15-10(17)13(3)5-4-6-20-13/h7-8H,4-6H2,1-3H3,(H,15,17)(H,18,19). The minimum Gasteiger partial charge on any atom is -0.479 e. The fourth-order valence-corrected chi connectivity index (χ4v) is 2.01. The van der Waals surface area contributed by atoms with Gasteiger partial charge in [-0.3, -0.25) is 9.48 Å². The van der Waals surface area contributed by atoms with Crippen molar-refractivity contribution < 1.29 is 19.4 Å². The Morgan fingerprint density at radius 3 is 2.80 bits per heavy atom. The van der Waals surface area contributed by atoms with E-state index in [1.165, 1.54) is 30.9 Å². The number of nitrogens with zero attached hydrogens (tertiary/aromatic N) is 2. The van der Waals surface area contributed by atoms with E-state index in [4.69, 9.17) is 9.84 Å². The summed E-state index contributed by atoms with van der Waals surface area (Å²) in [7, 11) is 0. The van der Waals surface area contributed by atoms with Gasteiger partial charge >= 0.3 is 5.97 Å². The number of anilines is 1. The van der Waals surface area contributed by atoms with E-state index in [1.54, 1.807) is 6.92 Å². The van der Waals surface area contributed by atoms with E-state index in [0.717, 1.165) is 6.42 Å². The minimum atomic E-state index is -1.17. The lowest BCUT2D eigenvalue weighted by molar-refractivity contribution is -0.146. The van der Waals surface area contributed by atoms with Crippen LogP contribution in [0.15, 0.2) is 12.4 Å². The molecular formula is C13H19N3O4. The summed E-state index contributed by atoms with van der Waals surface area (Å²) in [5, 5.41) is 15.8. The number of hydrogen-bond donors (Lipinski definition) is 2. The molecule has 1 aliphatic heterocycles. The number of carboxylic acid groups (broad SMARTS) is 1. The van der Waals surface area contributed by atoms with Gasteiger partial charge in [0.05, 0.1) is 11.9 Å². The van der Waals surface area contributed by atoms with E-state index in [2.05, 4.69) is 10.4 Å². The van der Waals surface area contributed by atoms with Crippen LogP contribution in [0.4, 0.5) is 5.69 Å². The van der Waals surface area contributed by atoms with Crippen molar-refractivity contribution >= 4 is 17.6 Å². The van der Waals surface area contributed by atoms with E-state index in [-0.39, 0.29) is 5.91 Å². The van der Waals surface area contributed by atoms with Crippen LogP contribution in [0.2, 0.25) is 0 Å². The molecule has 2 N–H and O–H groups in total. The molecule has 0 spiro atoms. The van der Waals surface area contributed by atoms with Crippen LogP contribution in [0.1, 0.15) is 33.6 Å². The molecule has 20 heavy (non-hydrogen) atoms. The normalized spacial score (nSPS) is 22.8. The Hall–Kier alpha value is -1.89. The number of aromatic nitrogens is 2. The number of carboxylic acids is 1. The summed E-state index contributed by atoms with van der Waals surface area (Å²) in [6.45, 7) is 5.40. The van der Waals surface area contributed by atoms with Gasteiger partial charge in [-0.05, 0) is 33.6 Å². The van der Waals surface area contributed by atoms with Gasteiger partial charge in [0.1, 0.15) is 5.60 Å². The van der Waals surface area contributed by atoms with Gasteiger partial charge in [0, 0.05) is 12.8 Å². The van der Waals surface area contributed by atoms with Crippen molar-refractivity contribution in [1.82, 2.24) is 9.78 Å². The number of carbonyl (C=O) groups excluding carboxylic acids is 1. The molecule has 0 aromatic carbocycles. The minimum absolute atomic E-state index is 0.234. The van der Waals surface area contributed by atoms with Crippen molar-refractivity contribution in [2.75, 3.05) is 11.9 Å². The van der Waals surface area contributed by atoms with Crippen LogP contribution < -0.4 is 5.32 Å². The highest BCUT2D eigenvalue weighted by Crippen LogP contribution is 2.27. The molecule has 1 aromatic heterocycles. The van der Waals surface area contributed by atoms with E-state index in [1.807, 2.05) is 0 Å². The Bertz CT molecular complexity index is 529. The second-order valence-electron chi connectivity index (χ2n) is 5.67. The first-order chi connectivity index (χ1) is 9.25. The molecule has 1 aromatic rings. The molecule has 2 heterocycles. The highest BCUT2D eigenvalue weighted by atomic mass is 16.5. The van der Waals surface area contributed by atoms with Crippen molar-refractivity contribution in [1.29, 1.82) is 0 Å². The Balaban J connectivity index is 2.10. The van der Waals surface area contributed by atoms with Gasteiger partial charge in [-0.2, -0.15) is 5.10 Å². The van der Waals surface area contributed by atoms with E-state index < -0.39 is 17.1 Å². The highest BCUT2D eigenvalue weighted by Gasteiger charge is 2.38. The number of carbonyl (C=O) groups is 2. The summed E-state index contributed by atoms with van der Waals surface area (Å²) < 4.78 is 6.76. The summed E-state index contributed by atoms with van der Waals surface area (Å²) in [5.74, 6) is -1.23. The fraction of sp³-hybridized carbons (Fsp3) is 0.615. The van der Waals surface area contributed by atoms with E-state index in [9.17, 15) is 9.59 Å². The monoisotopic (exact) mass is 281 g/mol. The first-order valence-corrected chi connectivity index (χ1v) is 6.50. The van der Waals surface area contributed by atoms with Gasteiger partial charge in [0.15, 0.2) is 5.54 Å². The summed E-state index contributed by atoms with van der Waals surface area (Å²) in [6, 6.07) is 0. The molecule has 0 saturated carbocycles. The molecule has 7 nitrogen and oxygen atoms in total. The van der Waals surface area contributed by atoms with Crippen molar-refractivity contribution in [3.05, 3.63) is 12.4 Å². The first kappa shape index (κ1) is 14.5. The van der Waals surface area contributed by atoms with Gasteiger partial charge in [-0.25, -0.2) is 4.79 Å². The van der Waals surface area contributed by atoms with Crippen LogP contribution >= 0.6 is 0 Å². The zero-order valence-corrected chi connectivity index (χ0v) is 11.8. The van der Waals surface area contributed by atoms with Crippen LogP contribution in [0, 0.1) is 0 Å². The number of rotatable bonds is 4. The average Bonchev–Trinajstić information content (AvgIpc) is 2.99.